The predicted molar refractivity (Wildman–Crippen MR) is 38.5 cm³/mol. The smallest absolute Gasteiger partial charge is 0.419 e. The van der Waals surface area contributed by atoms with Crippen molar-refractivity contribution >= 4 is 6.29 Å². The number of alkyl halides is 3. The number of phenolic OH excluding ortho intramolecular Hbond substituents is 1. The molecule has 0 heterocycles. The molecule has 0 aliphatic heterocycles. The number of benzene rings is 1. The molecule has 0 atom stereocenters. The molecule has 5 heteroatoms. The minimum Gasteiger partial charge on any atom is -0.507 e. The van der Waals surface area contributed by atoms with Gasteiger partial charge in [0.25, 0.3) is 0 Å². The van der Waals surface area contributed by atoms with E-state index >= 15 is 0 Å². The van der Waals surface area contributed by atoms with Crippen LogP contribution < -0.4 is 0 Å². The SMILES string of the molecule is O=Cc1ccc(C(F)(F)F)c(O)c1. The van der Waals surface area contributed by atoms with Crippen molar-refractivity contribution in [2.45, 2.75) is 6.18 Å². The van der Waals surface area contributed by atoms with Gasteiger partial charge in [0.1, 0.15) is 12.0 Å². The molecule has 0 spiro atoms. The minimum atomic E-state index is -4.59. The Morgan fingerprint density at radius 1 is 1.31 bits per heavy atom. The fourth-order valence-corrected chi connectivity index (χ4v) is 0.862. The Hall–Kier alpha value is -1.52. The normalized spacial score (nSPS) is 11.3. The average molecular weight is 190 g/mol. The number of aromatic hydroxyl groups is 1. The average Bonchev–Trinajstić information content (AvgIpc) is 2.01. The summed E-state index contributed by atoms with van der Waals surface area (Å²) in [6.45, 7) is 0. The summed E-state index contributed by atoms with van der Waals surface area (Å²) in [7, 11) is 0. The van der Waals surface area contributed by atoms with Crippen molar-refractivity contribution in [3.8, 4) is 5.75 Å². The maximum atomic E-state index is 12.0. The molecule has 0 aliphatic carbocycles. The predicted octanol–water partition coefficient (Wildman–Crippen LogP) is 2.22. The molecular weight excluding hydrogens is 185 g/mol. The van der Waals surface area contributed by atoms with Gasteiger partial charge in [-0.2, -0.15) is 13.2 Å². The number of phenols is 1. The lowest BCUT2D eigenvalue weighted by Gasteiger charge is -2.08. The molecule has 0 fully saturated rings. The van der Waals surface area contributed by atoms with Gasteiger partial charge in [-0.3, -0.25) is 4.79 Å². The number of carbonyl (C=O) groups excluding carboxylic acids is 1. The molecule has 13 heavy (non-hydrogen) atoms. The largest absolute Gasteiger partial charge is 0.507 e. The zero-order valence-electron chi connectivity index (χ0n) is 6.30. The van der Waals surface area contributed by atoms with Crippen LogP contribution in [0.1, 0.15) is 15.9 Å². The lowest BCUT2D eigenvalue weighted by molar-refractivity contribution is -0.138. The quantitative estimate of drug-likeness (QED) is 0.689. The van der Waals surface area contributed by atoms with E-state index in [1.54, 1.807) is 0 Å². The van der Waals surface area contributed by atoms with Crippen molar-refractivity contribution < 1.29 is 23.1 Å². The zero-order chi connectivity index (χ0) is 10.1. The lowest BCUT2D eigenvalue weighted by atomic mass is 10.1. The molecule has 1 aromatic rings. The van der Waals surface area contributed by atoms with Gasteiger partial charge in [0, 0.05) is 5.56 Å². The maximum absolute atomic E-state index is 12.0. The summed E-state index contributed by atoms with van der Waals surface area (Å²) in [6.07, 6.45) is -4.23. The number of carbonyl (C=O) groups is 1. The summed E-state index contributed by atoms with van der Waals surface area (Å²) in [5, 5.41) is 8.88. The van der Waals surface area contributed by atoms with Crippen LogP contribution in [-0.2, 0) is 6.18 Å². The highest BCUT2D eigenvalue weighted by molar-refractivity contribution is 5.75. The number of aldehydes is 1. The van der Waals surface area contributed by atoms with Crippen LogP contribution in [0.5, 0.6) is 5.75 Å². The molecule has 2 nitrogen and oxygen atoms in total. The Morgan fingerprint density at radius 2 is 1.92 bits per heavy atom. The van der Waals surface area contributed by atoms with Gasteiger partial charge in [0.15, 0.2) is 0 Å². The van der Waals surface area contributed by atoms with Gasteiger partial charge < -0.3 is 5.11 Å². The lowest BCUT2D eigenvalue weighted by Crippen LogP contribution is -2.05. The van der Waals surface area contributed by atoms with E-state index < -0.39 is 17.5 Å². The van der Waals surface area contributed by atoms with E-state index in [0.717, 1.165) is 12.1 Å². The van der Waals surface area contributed by atoms with E-state index in [1.807, 2.05) is 0 Å². The second kappa shape index (κ2) is 3.08. The fraction of sp³-hybridized carbons (Fsp3) is 0.125. The number of halogens is 3. The summed E-state index contributed by atoms with van der Waals surface area (Å²) < 4.78 is 36.1. The highest BCUT2D eigenvalue weighted by atomic mass is 19.4. The molecule has 0 radical (unpaired) electrons. The molecule has 1 N–H and O–H groups in total. The van der Waals surface area contributed by atoms with E-state index in [0.29, 0.717) is 12.4 Å². The molecule has 1 aromatic carbocycles. The molecule has 0 unspecified atom stereocenters. The Bertz CT molecular complexity index is 331. The summed E-state index contributed by atoms with van der Waals surface area (Å²) in [4.78, 5) is 10.1. The van der Waals surface area contributed by atoms with E-state index in [4.69, 9.17) is 5.11 Å². The van der Waals surface area contributed by atoms with Crippen LogP contribution in [0, 0.1) is 0 Å². The standard InChI is InChI=1S/C8H5F3O2/c9-8(10,11)6-2-1-5(4-12)3-7(6)13/h1-4,13H. The Morgan fingerprint density at radius 3 is 2.31 bits per heavy atom. The van der Waals surface area contributed by atoms with Crippen molar-refractivity contribution in [1.29, 1.82) is 0 Å². The first kappa shape index (κ1) is 9.57. The third-order valence-corrected chi connectivity index (χ3v) is 1.46. The number of rotatable bonds is 1. The molecule has 0 amide bonds. The van der Waals surface area contributed by atoms with Gasteiger partial charge in [-0.05, 0) is 12.1 Å². The van der Waals surface area contributed by atoms with Crippen LogP contribution in [-0.4, -0.2) is 11.4 Å². The van der Waals surface area contributed by atoms with Gasteiger partial charge >= 0.3 is 6.18 Å². The van der Waals surface area contributed by atoms with Crippen LogP contribution in [0.15, 0.2) is 18.2 Å². The first-order valence-electron chi connectivity index (χ1n) is 3.30. The molecule has 1 rings (SSSR count). The maximum Gasteiger partial charge on any atom is 0.419 e. The summed E-state index contributed by atoms with van der Waals surface area (Å²) in [5.74, 6) is -0.933. The third kappa shape index (κ3) is 1.99. The minimum absolute atomic E-state index is 0.00509. The first-order valence-corrected chi connectivity index (χ1v) is 3.30. The summed E-state index contributed by atoms with van der Waals surface area (Å²) in [6, 6.07) is 2.43. The second-order valence-corrected chi connectivity index (χ2v) is 2.39. The Balaban J connectivity index is 3.20. The van der Waals surface area contributed by atoms with Crippen LogP contribution in [0.3, 0.4) is 0 Å². The van der Waals surface area contributed by atoms with Crippen LogP contribution in [0.2, 0.25) is 0 Å². The summed E-state index contributed by atoms with van der Waals surface area (Å²) in [5.41, 5.74) is -1.14. The molecule has 0 bridgehead atoms. The van der Waals surface area contributed by atoms with E-state index in [2.05, 4.69) is 0 Å². The second-order valence-electron chi connectivity index (χ2n) is 2.39. The topological polar surface area (TPSA) is 37.3 Å². The molecule has 70 valence electrons. The number of hydrogen-bond donors (Lipinski definition) is 1. The molecule has 0 saturated heterocycles. The van der Waals surface area contributed by atoms with Crippen LogP contribution in [0.25, 0.3) is 0 Å². The van der Waals surface area contributed by atoms with Gasteiger partial charge in [-0.15, -0.1) is 0 Å². The first-order chi connectivity index (χ1) is 5.95. The molecule has 0 aromatic heterocycles. The summed E-state index contributed by atoms with van der Waals surface area (Å²) >= 11 is 0. The Kier molecular flexibility index (Phi) is 2.27. The van der Waals surface area contributed by atoms with Gasteiger partial charge in [0.2, 0.25) is 0 Å². The van der Waals surface area contributed by atoms with Gasteiger partial charge in [0.05, 0.1) is 5.56 Å². The van der Waals surface area contributed by atoms with Crippen LogP contribution in [0.4, 0.5) is 13.2 Å². The fourth-order valence-electron chi connectivity index (χ4n) is 0.862. The van der Waals surface area contributed by atoms with Gasteiger partial charge in [-0.25, -0.2) is 0 Å². The van der Waals surface area contributed by atoms with E-state index in [1.165, 1.54) is 0 Å². The molecular formula is C8H5F3O2. The van der Waals surface area contributed by atoms with E-state index in [-0.39, 0.29) is 5.56 Å². The van der Waals surface area contributed by atoms with Crippen LogP contribution >= 0.6 is 0 Å². The van der Waals surface area contributed by atoms with Crippen molar-refractivity contribution in [2.24, 2.45) is 0 Å². The number of hydrogen-bond acceptors (Lipinski definition) is 2. The van der Waals surface area contributed by atoms with Crippen molar-refractivity contribution in [3.05, 3.63) is 29.3 Å². The van der Waals surface area contributed by atoms with E-state index in [9.17, 15) is 18.0 Å². The van der Waals surface area contributed by atoms with Crippen molar-refractivity contribution in [2.75, 3.05) is 0 Å². The molecule has 0 aliphatic rings. The zero-order valence-corrected chi connectivity index (χ0v) is 6.30. The third-order valence-electron chi connectivity index (χ3n) is 1.46. The highest BCUT2D eigenvalue weighted by Crippen LogP contribution is 2.35. The van der Waals surface area contributed by atoms with Gasteiger partial charge in [-0.1, -0.05) is 6.07 Å². The van der Waals surface area contributed by atoms with Crippen molar-refractivity contribution in [1.82, 2.24) is 0 Å². The molecule has 0 saturated carbocycles. The Labute approximate surface area is 71.6 Å². The monoisotopic (exact) mass is 190 g/mol. The van der Waals surface area contributed by atoms with Crippen molar-refractivity contribution in [3.63, 3.8) is 0 Å². The highest BCUT2D eigenvalue weighted by Gasteiger charge is 2.33.